The van der Waals surface area contributed by atoms with E-state index in [1.807, 2.05) is 12.1 Å². The maximum Gasteiger partial charge on any atom is 0.312 e. The molecule has 0 saturated carbocycles. The van der Waals surface area contributed by atoms with E-state index < -0.39 is 33.1 Å². The molecule has 0 bridgehead atoms. The van der Waals surface area contributed by atoms with E-state index in [1.165, 1.54) is 16.4 Å². The smallest absolute Gasteiger partial charge is 0.312 e. The van der Waals surface area contributed by atoms with Gasteiger partial charge < -0.3 is 10.1 Å². The first kappa shape index (κ1) is 21.7. The maximum atomic E-state index is 12.7. The Labute approximate surface area is 184 Å². The van der Waals surface area contributed by atoms with Gasteiger partial charge in [-0.2, -0.15) is 4.31 Å². The molecule has 1 N–H and O–H groups in total. The van der Waals surface area contributed by atoms with E-state index in [1.54, 1.807) is 24.4 Å². The number of nitro benzene ring substituents is 1. The van der Waals surface area contributed by atoms with Gasteiger partial charge in [0.2, 0.25) is 10.0 Å². The highest BCUT2D eigenvalue weighted by Crippen LogP contribution is 2.32. The van der Waals surface area contributed by atoms with Crippen molar-refractivity contribution in [2.75, 3.05) is 25.0 Å². The van der Waals surface area contributed by atoms with Crippen LogP contribution in [0, 0.1) is 10.1 Å². The Kier molecular flexibility index (Phi) is 6.01. The average molecular weight is 456 g/mol. The van der Waals surface area contributed by atoms with E-state index in [0.29, 0.717) is 24.3 Å². The van der Waals surface area contributed by atoms with Crippen molar-refractivity contribution in [1.29, 1.82) is 0 Å². The van der Waals surface area contributed by atoms with Crippen molar-refractivity contribution in [2.45, 2.75) is 17.7 Å². The maximum absolute atomic E-state index is 12.7. The number of amides is 1. The van der Waals surface area contributed by atoms with Crippen LogP contribution < -0.4 is 10.1 Å². The molecule has 1 aliphatic rings. The van der Waals surface area contributed by atoms with Crippen LogP contribution >= 0.6 is 0 Å². The van der Waals surface area contributed by atoms with Gasteiger partial charge in [-0.3, -0.25) is 19.9 Å². The molecule has 166 valence electrons. The fraction of sp³-hybridized carbons (Fsp3) is 0.238. The molecule has 10 nitrogen and oxygen atoms in total. The molecule has 0 radical (unpaired) electrons. The number of nitrogens with one attached hydrogen (secondary N) is 1. The van der Waals surface area contributed by atoms with Gasteiger partial charge in [0.1, 0.15) is 0 Å². The summed E-state index contributed by atoms with van der Waals surface area (Å²) in [6.45, 7) is 0.284. The molecule has 3 aromatic rings. The largest absolute Gasteiger partial charge is 0.477 e. The Morgan fingerprint density at radius 3 is 2.69 bits per heavy atom. The topological polar surface area (TPSA) is 132 Å². The van der Waals surface area contributed by atoms with Crippen LogP contribution in [-0.2, 0) is 14.8 Å². The zero-order valence-corrected chi connectivity index (χ0v) is 17.7. The lowest BCUT2D eigenvalue weighted by molar-refractivity contribution is -0.386. The van der Waals surface area contributed by atoms with Gasteiger partial charge in [0.25, 0.3) is 5.91 Å². The lowest BCUT2D eigenvalue weighted by Crippen LogP contribution is -2.28. The number of pyridine rings is 1. The van der Waals surface area contributed by atoms with Crippen LogP contribution in [0.5, 0.6) is 5.75 Å². The second-order valence-electron chi connectivity index (χ2n) is 7.21. The quantitative estimate of drug-likeness (QED) is 0.427. The summed E-state index contributed by atoms with van der Waals surface area (Å²) in [4.78, 5) is 27.2. The minimum atomic E-state index is -3.82. The standard InChI is InChI=1S/C21H20N4O6S/c26-21(23-18-7-3-6-17-16(18)5-4-10-22-17)14-31-20-9-8-15(13-19(20)25(27)28)32(29,30)24-11-1-2-12-24/h3-10,13H,1-2,11-12,14H2,(H,23,26). The van der Waals surface area contributed by atoms with Crippen molar-refractivity contribution in [3.63, 3.8) is 0 Å². The number of ether oxygens (including phenoxy) is 1. The second kappa shape index (κ2) is 8.89. The number of carbonyl (C=O) groups excluding carboxylic acids is 1. The molecule has 2 aromatic carbocycles. The summed E-state index contributed by atoms with van der Waals surface area (Å²) in [6, 6.07) is 12.2. The van der Waals surface area contributed by atoms with Gasteiger partial charge in [-0.15, -0.1) is 0 Å². The molecule has 0 spiro atoms. The first-order chi connectivity index (χ1) is 15.4. The van der Waals surface area contributed by atoms with E-state index in [0.717, 1.165) is 24.3 Å². The lowest BCUT2D eigenvalue weighted by Gasteiger charge is -2.16. The molecule has 0 unspecified atom stereocenters. The number of fused-ring (bicyclic) bond motifs is 1. The minimum Gasteiger partial charge on any atom is -0.477 e. The number of nitro groups is 1. The second-order valence-corrected chi connectivity index (χ2v) is 9.15. The summed E-state index contributed by atoms with van der Waals surface area (Å²) in [6.07, 6.45) is 3.15. The Morgan fingerprint density at radius 2 is 1.94 bits per heavy atom. The average Bonchev–Trinajstić information content (AvgIpc) is 3.34. The number of nitrogens with zero attached hydrogens (tertiary/aromatic N) is 3. The van der Waals surface area contributed by atoms with E-state index >= 15 is 0 Å². The number of aromatic nitrogens is 1. The Balaban J connectivity index is 1.50. The summed E-state index contributed by atoms with van der Waals surface area (Å²) < 4.78 is 32.0. The zero-order chi connectivity index (χ0) is 22.7. The van der Waals surface area contributed by atoms with Gasteiger partial charge in [0.05, 0.1) is 21.0 Å². The molecule has 4 rings (SSSR count). The van der Waals surface area contributed by atoms with Crippen LogP contribution in [0.25, 0.3) is 10.9 Å². The third kappa shape index (κ3) is 4.39. The molecule has 0 aliphatic carbocycles. The van der Waals surface area contributed by atoms with Gasteiger partial charge >= 0.3 is 5.69 Å². The lowest BCUT2D eigenvalue weighted by atomic mass is 10.2. The van der Waals surface area contributed by atoms with Crippen molar-refractivity contribution >= 4 is 38.2 Å². The van der Waals surface area contributed by atoms with Crippen molar-refractivity contribution in [3.05, 3.63) is 64.8 Å². The Bertz CT molecular complexity index is 1280. The van der Waals surface area contributed by atoms with Crippen LogP contribution in [-0.4, -0.2) is 48.2 Å². The molecule has 2 heterocycles. The summed E-state index contributed by atoms with van der Waals surface area (Å²) in [5, 5.41) is 15.0. The van der Waals surface area contributed by atoms with Gasteiger partial charge in [0.15, 0.2) is 12.4 Å². The third-order valence-corrected chi connectivity index (χ3v) is 7.00. The number of benzene rings is 2. The van der Waals surface area contributed by atoms with Crippen molar-refractivity contribution in [3.8, 4) is 5.75 Å². The molecular weight excluding hydrogens is 436 g/mol. The van der Waals surface area contributed by atoms with Crippen LogP contribution in [0.4, 0.5) is 11.4 Å². The molecule has 1 fully saturated rings. The predicted octanol–water partition coefficient (Wildman–Crippen LogP) is 2.95. The monoisotopic (exact) mass is 456 g/mol. The fourth-order valence-corrected chi connectivity index (χ4v) is 5.08. The number of hydrogen-bond donors (Lipinski definition) is 1. The first-order valence-corrected chi connectivity index (χ1v) is 11.4. The van der Waals surface area contributed by atoms with Crippen LogP contribution in [0.15, 0.2) is 59.6 Å². The van der Waals surface area contributed by atoms with E-state index in [4.69, 9.17) is 4.74 Å². The predicted molar refractivity (Wildman–Crippen MR) is 117 cm³/mol. The van der Waals surface area contributed by atoms with Crippen molar-refractivity contribution < 1.29 is 22.9 Å². The molecule has 1 saturated heterocycles. The number of hydrogen-bond acceptors (Lipinski definition) is 7. The molecule has 0 atom stereocenters. The summed E-state index contributed by atoms with van der Waals surface area (Å²) in [7, 11) is -3.82. The van der Waals surface area contributed by atoms with Gasteiger partial charge in [0, 0.05) is 30.7 Å². The Morgan fingerprint density at radius 1 is 1.16 bits per heavy atom. The normalized spacial score (nSPS) is 14.4. The molecule has 1 amide bonds. The highest BCUT2D eigenvalue weighted by atomic mass is 32.2. The minimum absolute atomic E-state index is 0.175. The summed E-state index contributed by atoms with van der Waals surface area (Å²) >= 11 is 0. The van der Waals surface area contributed by atoms with Crippen molar-refractivity contribution in [2.24, 2.45) is 0 Å². The highest BCUT2D eigenvalue weighted by molar-refractivity contribution is 7.89. The molecule has 11 heteroatoms. The number of rotatable bonds is 7. The van der Waals surface area contributed by atoms with E-state index in [9.17, 15) is 23.3 Å². The Hall–Kier alpha value is -3.57. The number of sulfonamides is 1. The number of carbonyl (C=O) groups is 1. The molecule has 1 aromatic heterocycles. The first-order valence-electron chi connectivity index (χ1n) is 9.91. The van der Waals surface area contributed by atoms with Gasteiger partial charge in [-0.25, -0.2) is 8.42 Å². The number of anilines is 1. The van der Waals surface area contributed by atoms with Gasteiger partial charge in [-0.05, 0) is 49.2 Å². The van der Waals surface area contributed by atoms with Crippen LogP contribution in [0.1, 0.15) is 12.8 Å². The SMILES string of the molecule is O=C(COc1ccc(S(=O)(=O)N2CCCC2)cc1[N+](=O)[O-])Nc1cccc2ncccc12. The fourth-order valence-electron chi connectivity index (χ4n) is 3.54. The molecular formula is C21H20N4O6S. The van der Waals surface area contributed by atoms with Gasteiger partial charge in [-0.1, -0.05) is 6.07 Å². The highest BCUT2D eigenvalue weighted by Gasteiger charge is 2.30. The third-order valence-electron chi connectivity index (χ3n) is 5.11. The summed E-state index contributed by atoms with van der Waals surface area (Å²) in [5.74, 6) is -0.713. The van der Waals surface area contributed by atoms with Crippen LogP contribution in [0.3, 0.4) is 0 Å². The molecule has 1 aliphatic heterocycles. The zero-order valence-electron chi connectivity index (χ0n) is 16.9. The molecule has 32 heavy (non-hydrogen) atoms. The van der Waals surface area contributed by atoms with Crippen LogP contribution in [0.2, 0.25) is 0 Å². The summed E-state index contributed by atoms with van der Waals surface area (Å²) in [5.41, 5.74) is 0.717. The van der Waals surface area contributed by atoms with Crippen molar-refractivity contribution in [1.82, 2.24) is 9.29 Å². The van der Waals surface area contributed by atoms with E-state index in [-0.39, 0.29) is 10.6 Å². The van der Waals surface area contributed by atoms with E-state index in [2.05, 4.69) is 10.3 Å².